The number of amides is 3. The fourth-order valence-electron chi connectivity index (χ4n) is 1.79. The smallest absolute Gasteiger partial charge is 0.319 e. The second kappa shape index (κ2) is 8.19. The summed E-state index contributed by atoms with van der Waals surface area (Å²) in [6, 6.07) is 4.99. The average molecular weight is 277 g/mol. The van der Waals surface area contributed by atoms with E-state index in [0.29, 0.717) is 17.8 Å². The lowest BCUT2D eigenvalue weighted by Gasteiger charge is -2.11. The highest BCUT2D eigenvalue weighted by molar-refractivity contribution is 5.97. The van der Waals surface area contributed by atoms with Gasteiger partial charge in [-0.25, -0.2) is 4.79 Å². The van der Waals surface area contributed by atoms with E-state index in [4.69, 9.17) is 0 Å². The maximum absolute atomic E-state index is 11.8. The van der Waals surface area contributed by atoms with Crippen LogP contribution in [0.25, 0.3) is 0 Å². The Morgan fingerprint density at radius 1 is 1.20 bits per heavy atom. The van der Waals surface area contributed by atoms with Gasteiger partial charge in [-0.15, -0.1) is 0 Å². The number of hydrogen-bond donors (Lipinski definition) is 3. The van der Waals surface area contributed by atoms with Crippen LogP contribution in [0.1, 0.15) is 42.1 Å². The molecule has 0 saturated heterocycles. The van der Waals surface area contributed by atoms with Crippen LogP contribution < -0.4 is 16.0 Å². The number of urea groups is 1. The van der Waals surface area contributed by atoms with E-state index < -0.39 is 0 Å². The first kappa shape index (κ1) is 16.0. The van der Waals surface area contributed by atoms with Gasteiger partial charge in [0.2, 0.25) is 0 Å². The fourth-order valence-corrected chi connectivity index (χ4v) is 1.79. The number of anilines is 1. The molecular weight excluding hydrogens is 254 g/mol. The third-order valence-electron chi connectivity index (χ3n) is 3.04. The lowest BCUT2D eigenvalue weighted by molar-refractivity contribution is 0.0963. The van der Waals surface area contributed by atoms with Crippen molar-refractivity contribution < 1.29 is 9.59 Å². The number of rotatable bonds is 6. The maximum atomic E-state index is 11.8. The molecule has 0 aliphatic rings. The van der Waals surface area contributed by atoms with Crippen molar-refractivity contribution in [1.29, 1.82) is 0 Å². The summed E-state index contributed by atoms with van der Waals surface area (Å²) in [7, 11) is 1.58. The van der Waals surface area contributed by atoms with Gasteiger partial charge in [-0.1, -0.05) is 25.8 Å². The molecule has 110 valence electrons. The number of carbonyl (C=O) groups excluding carboxylic acids is 2. The molecule has 0 atom stereocenters. The van der Waals surface area contributed by atoms with Gasteiger partial charge < -0.3 is 16.0 Å². The Morgan fingerprint density at radius 2 is 1.95 bits per heavy atom. The summed E-state index contributed by atoms with van der Waals surface area (Å²) in [6.45, 7) is 4.67. The zero-order valence-electron chi connectivity index (χ0n) is 12.4. The summed E-state index contributed by atoms with van der Waals surface area (Å²) >= 11 is 0. The SMILES string of the molecule is CCCCCNC(=O)Nc1cc(C(=O)NC)ccc1C. The van der Waals surface area contributed by atoms with Crippen LogP contribution in [0.3, 0.4) is 0 Å². The third kappa shape index (κ3) is 4.91. The number of hydrogen-bond acceptors (Lipinski definition) is 2. The van der Waals surface area contributed by atoms with Crippen LogP contribution >= 0.6 is 0 Å². The normalized spacial score (nSPS) is 9.95. The zero-order chi connectivity index (χ0) is 15.0. The van der Waals surface area contributed by atoms with Crippen molar-refractivity contribution in [2.45, 2.75) is 33.1 Å². The average Bonchev–Trinajstić information content (AvgIpc) is 2.45. The van der Waals surface area contributed by atoms with E-state index in [0.717, 1.165) is 24.8 Å². The van der Waals surface area contributed by atoms with Crippen LogP contribution in [0.15, 0.2) is 18.2 Å². The highest BCUT2D eigenvalue weighted by Crippen LogP contribution is 2.16. The number of aryl methyl sites for hydroxylation is 1. The van der Waals surface area contributed by atoms with Gasteiger partial charge in [0.25, 0.3) is 5.91 Å². The molecule has 5 heteroatoms. The molecule has 0 aliphatic carbocycles. The van der Waals surface area contributed by atoms with E-state index in [1.54, 1.807) is 19.2 Å². The standard InChI is InChI=1S/C15H23N3O2/c1-4-5-6-9-17-15(20)18-13-10-12(14(19)16-3)8-7-11(13)2/h7-8,10H,4-6,9H2,1-3H3,(H,16,19)(H2,17,18,20). The van der Waals surface area contributed by atoms with Crippen molar-refractivity contribution in [3.05, 3.63) is 29.3 Å². The minimum Gasteiger partial charge on any atom is -0.355 e. The quantitative estimate of drug-likeness (QED) is 0.700. The lowest BCUT2D eigenvalue weighted by atomic mass is 10.1. The minimum atomic E-state index is -0.238. The second-order valence-electron chi connectivity index (χ2n) is 4.70. The number of carbonyl (C=O) groups is 2. The van der Waals surface area contributed by atoms with Crippen LogP contribution in [0, 0.1) is 6.92 Å². The molecule has 1 aromatic rings. The minimum absolute atomic E-state index is 0.170. The van der Waals surface area contributed by atoms with E-state index in [1.165, 1.54) is 0 Å². The molecule has 0 aliphatic heterocycles. The molecule has 0 bridgehead atoms. The molecule has 1 rings (SSSR count). The zero-order valence-corrected chi connectivity index (χ0v) is 12.4. The molecule has 0 spiro atoms. The molecule has 3 N–H and O–H groups in total. The van der Waals surface area contributed by atoms with Crippen molar-refractivity contribution in [3.8, 4) is 0 Å². The highest BCUT2D eigenvalue weighted by Gasteiger charge is 2.08. The van der Waals surface area contributed by atoms with Crippen molar-refractivity contribution in [2.75, 3.05) is 18.9 Å². The molecule has 3 amide bonds. The summed E-state index contributed by atoms with van der Waals surface area (Å²) in [5, 5.41) is 8.14. The molecule has 1 aromatic carbocycles. The van der Waals surface area contributed by atoms with E-state index in [1.807, 2.05) is 13.0 Å². The summed E-state index contributed by atoms with van der Waals surface area (Å²) in [5.41, 5.74) is 2.10. The first-order chi connectivity index (χ1) is 9.58. The van der Waals surface area contributed by atoms with Gasteiger partial charge in [-0.2, -0.15) is 0 Å². The van der Waals surface area contributed by atoms with E-state index >= 15 is 0 Å². The van der Waals surface area contributed by atoms with Gasteiger partial charge in [-0.05, 0) is 31.0 Å². The van der Waals surface area contributed by atoms with E-state index in [-0.39, 0.29) is 11.9 Å². The monoisotopic (exact) mass is 277 g/mol. The van der Waals surface area contributed by atoms with Crippen molar-refractivity contribution in [3.63, 3.8) is 0 Å². The molecule has 0 aromatic heterocycles. The lowest BCUT2D eigenvalue weighted by Crippen LogP contribution is -2.30. The number of unbranched alkanes of at least 4 members (excludes halogenated alkanes) is 2. The van der Waals surface area contributed by atoms with Crippen LogP contribution in [0.2, 0.25) is 0 Å². The maximum Gasteiger partial charge on any atom is 0.319 e. The Labute approximate surface area is 120 Å². The van der Waals surface area contributed by atoms with Gasteiger partial charge in [0.1, 0.15) is 0 Å². The predicted molar refractivity (Wildman–Crippen MR) is 81.1 cm³/mol. The van der Waals surface area contributed by atoms with Gasteiger partial charge in [-0.3, -0.25) is 4.79 Å². The summed E-state index contributed by atoms with van der Waals surface area (Å²) < 4.78 is 0. The molecule has 20 heavy (non-hydrogen) atoms. The Kier molecular flexibility index (Phi) is 6.56. The molecule has 0 unspecified atom stereocenters. The molecular formula is C15H23N3O2. The van der Waals surface area contributed by atoms with Crippen LogP contribution in [0.4, 0.5) is 10.5 Å². The molecule has 0 radical (unpaired) electrons. The number of nitrogens with one attached hydrogen (secondary N) is 3. The summed E-state index contributed by atoms with van der Waals surface area (Å²) in [4.78, 5) is 23.3. The van der Waals surface area contributed by atoms with Crippen molar-refractivity contribution in [2.24, 2.45) is 0 Å². The largest absolute Gasteiger partial charge is 0.355 e. The molecule has 0 saturated carbocycles. The van der Waals surface area contributed by atoms with Gasteiger partial charge in [0.05, 0.1) is 0 Å². The van der Waals surface area contributed by atoms with E-state index in [2.05, 4.69) is 22.9 Å². The van der Waals surface area contributed by atoms with Crippen LogP contribution in [-0.4, -0.2) is 25.5 Å². The Bertz CT molecular complexity index is 472. The third-order valence-corrected chi connectivity index (χ3v) is 3.04. The molecule has 5 nitrogen and oxygen atoms in total. The Morgan fingerprint density at radius 3 is 2.60 bits per heavy atom. The van der Waals surface area contributed by atoms with Crippen LogP contribution in [-0.2, 0) is 0 Å². The first-order valence-corrected chi connectivity index (χ1v) is 6.96. The Balaban J connectivity index is 2.62. The van der Waals surface area contributed by atoms with Gasteiger partial charge in [0, 0.05) is 24.8 Å². The highest BCUT2D eigenvalue weighted by atomic mass is 16.2. The number of benzene rings is 1. The second-order valence-corrected chi connectivity index (χ2v) is 4.70. The van der Waals surface area contributed by atoms with Gasteiger partial charge in [0.15, 0.2) is 0 Å². The molecule has 0 heterocycles. The first-order valence-electron chi connectivity index (χ1n) is 6.96. The predicted octanol–water partition coefficient (Wildman–Crippen LogP) is 2.67. The van der Waals surface area contributed by atoms with Crippen LogP contribution in [0.5, 0.6) is 0 Å². The van der Waals surface area contributed by atoms with E-state index in [9.17, 15) is 9.59 Å². The summed E-state index contributed by atoms with van der Waals surface area (Å²) in [6.07, 6.45) is 3.20. The molecule has 0 fully saturated rings. The van der Waals surface area contributed by atoms with Gasteiger partial charge >= 0.3 is 6.03 Å². The van der Waals surface area contributed by atoms with Crippen molar-refractivity contribution in [1.82, 2.24) is 10.6 Å². The topological polar surface area (TPSA) is 70.2 Å². The Hall–Kier alpha value is -2.04. The summed E-state index contributed by atoms with van der Waals surface area (Å²) in [5.74, 6) is -0.170. The fraction of sp³-hybridized carbons (Fsp3) is 0.467. The van der Waals surface area contributed by atoms with Crippen molar-refractivity contribution >= 4 is 17.6 Å².